The summed E-state index contributed by atoms with van der Waals surface area (Å²) < 4.78 is 5.58. The number of amides is 2. The lowest BCUT2D eigenvalue weighted by atomic mass is 9.73. The van der Waals surface area contributed by atoms with E-state index >= 15 is 0 Å². The number of benzene rings is 1. The Bertz CT molecular complexity index is 661. The smallest absolute Gasteiger partial charge is 0.251 e. The molecule has 26 heavy (non-hydrogen) atoms. The predicted molar refractivity (Wildman–Crippen MR) is 98.7 cm³/mol. The van der Waals surface area contributed by atoms with Gasteiger partial charge in [-0.3, -0.25) is 9.59 Å². The van der Waals surface area contributed by atoms with Gasteiger partial charge >= 0.3 is 0 Å². The van der Waals surface area contributed by atoms with Gasteiger partial charge in [-0.15, -0.1) is 0 Å². The number of nitrogens with zero attached hydrogens (tertiary/aromatic N) is 2. The largest absolute Gasteiger partial charge is 0.368 e. The zero-order chi connectivity index (χ0) is 18.1. The molecule has 3 fully saturated rings. The van der Waals surface area contributed by atoms with Crippen molar-refractivity contribution in [3.05, 3.63) is 35.9 Å². The molecule has 5 nitrogen and oxygen atoms in total. The van der Waals surface area contributed by atoms with E-state index in [0.29, 0.717) is 26.1 Å². The number of hydrogen-bond donors (Lipinski definition) is 0. The monoisotopic (exact) mass is 356 g/mol. The van der Waals surface area contributed by atoms with Crippen LogP contribution in [-0.4, -0.2) is 59.5 Å². The van der Waals surface area contributed by atoms with Crippen molar-refractivity contribution >= 4 is 11.8 Å². The lowest BCUT2D eigenvalue weighted by Gasteiger charge is -2.48. The van der Waals surface area contributed by atoms with E-state index in [1.165, 1.54) is 5.56 Å². The van der Waals surface area contributed by atoms with E-state index in [4.69, 9.17) is 4.74 Å². The first-order valence-electron chi connectivity index (χ1n) is 9.91. The molecule has 1 unspecified atom stereocenters. The number of hydrogen-bond acceptors (Lipinski definition) is 3. The average molecular weight is 356 g/mol. The van der Waals surface area contributed by atoms with Crippen LogP contribution in [0.1, 0.15) is 50.5 Å². The zero-order valence-corrected chi connectivity index (χ0v) is 15.5. The fourth-order valence-corrected chi connectivity index (χ4v) is 5.22. The third-order valence-corrected chi connectivity index (χ3v) is 6.53. The summed E-state index contributed by atoms with van der Waals surface area (Å²) in [5, 5.41) is 0. The highest BCUT2D eigenvalue weighted by Gasteiger charge is 2.54. The van der Waals surface area contributed by atoms with E-state index in [1.807, 2.05) is 11.0 Å². The van der Waals surface area contributed by atoms with Gasteiger partial charge < -0.3 is 14.5 Å². The lowest BCUT2D eigenvalue weighted by molar-refractivity contribution is -0.144. The van der Waals surface area contributed by atoms with Crippen LogP contribution >= 0.6 is 0 Å². The molecule has 0 aliphatic carbocycles. The molecule has 0 saturated carbocycles. The van der Waals surface area contributed by atoms with Crippen molar-refractivity contribution in [3.63, 3.8) is 0 Å². The van der Waals surface area contributed by atoms with Crippen LogP contribution < -0.4 is 0 Å². The Balaban J connectivity index is 1.55. The minimum Gasteiger partial charge on any atom is -0.368 e. The molecule has 140 valence electrons. The first-order chi connectivity index (χ1) is 12.7. The molecular weight excluding hydrogens is 328 g/mol. The second-order valence-electron chi connectivity index (χ2n) is 7.74. The number of carbonyl (C=O) groups excluding carboxylic acids is 2. The van der Waals surface area contributed by atoms with Crippen molar-refractivity contribution in [1.82, 2.24) is 9.80 Å². The lowest BCUT2D eigenvalue weighted by Crippen LogP contribution is -2.57. The van der Waals surface area contributed by atoms with Gasteiger partial charge in [0.15, 0.2) is 0 Å². The fraction of sp³-hybridized carbons (Fsp3) is 0.619. The predicted octanol–water partition coefficient (Wildman–Crippen LogP) is 2.56. The summed E-state index contributed by atoms with van der Waals surface area (Å²) in [7, 11) is 0. The van der Waals surface area contributed by atoms with E-state index in [9.17, 15) is 9.59 Å². The molecule has 0 N–H and O–H groups in total. The van der Waals surface area contributed by atoms with Crippen molar-refractivity contribution in [3.8, 4) is 0 Å². The van der Waals surface area contributed by atoms with E-state index in [1.54, 1.807) is 0 Å². The van der Waals surface area contributed by atoms with Crippen molar-refractivity contribution in [1.29, 1.82) is 0 Å². The molecule has 2 amide bonds. The van der Waals surface area contributed by atoms with Gasteiger partial charge in [-0.05, 0) is 38.2 Å². The van der Waals surface area contributed by atoms with Gasteiger partial charge in [-0.25, -0.2) is 0 Å². The van der Waals surface area contributed by atoms with Gasteiger partial charge in [0.1, 0.15) is 6.10 Å². The Morgan fingerprint density at radius 2 is 1.96 bits per heavy atom. The van der Waals surface area contributed by atoms with Crippen LogP contribution in [0, 0.1) is 0 Å². The van der Waals surface area contributed by atoms with Gasteiger partial charge in [0, 0.05) is 38.6 Å². The Labute approximate surface area is 155 Å². The minimum absolute atomic E-state index is 0.140. The normalized spacial score (nSPS) is 28.1. The molecular formula is C21H28N2O3. The maximum absolute atomic E-state index is 12.7. The van der Waals surface area contributed by atoms with Crippen LogP contribution in [-0.2, 0) is 14.3 Å². The van der Waals surface area contributed by atoms with E-state index in [0.717, 1.165) is 32.2 Å². The summed E-state index contributed by atoms with van der Waals surface area (Å²) >= 11 is 0. The van der Waals surface area contributed by atoms with Gasteiger partial charge in [0.2, 0.25) is 5.91 Å². The number of ether oxygens (including phenoxy) is 1. The second-order valence-corrected chi connectivity index (χ2v) is 7.74. The average Bonchev–Trinajstić information content (AvgIpc) is 3.30. The molecule has 3 heterocycles. The van der Waals surface area contributed by atoms with Gasteiger partial charge in [-0.1, -0.05) is 30.3 Å². The third kappa shape index (κ3) is 2.82. The fourth-order valence-electron chi connectivity index (χ4n) is 5.22. The standard InChI is InChI=1S/C21H28N2O3/c1-2-23-19(24)15-17(16-7-4-3-5-8-16)21(23)10-12-22(13-11-21)20(25)18-9-6-14-26-18/h3-5,7-8,17-18H,2,6,9-15H2,1H3/t17?,18-/m1/s1. The molecule has 1 aromatic rings. The molecule has 1 aromatic carbocycles. The number of piperidine rings is 1. The number of rotatable bonds is 3. The number of carbonyl (C=O) groups is 2. The molecule has 3 aliphatic rings. The Hall–Kier alpha value is -1.88. The van der Waals surface area contributed by atoms with Crippen molar-refractivity contribution < 1.29 is 14.3 Å². The third-order valence-electron chi connectivity index (χ3n) is 6.53. The first kappa shape index (κ1) is 17.5. The molecule has 0 radical (unpaired) electrons. The summed E-state index contributed by atoms with van der Waals surface area (Å²) in [5.74, 6) is 0.609. The summed E-state index contributed by atoms with van der Waals surface area (Å²) in [4.78, 5) is 29.4. The molecule has 1 spiro atoms. The van der Waals surface area contributed by atoms with Crippen LogP contribution in [0.25, 0.3) is 0 Å². The second kappa shape index (κ2) is 7.03. The van der Waals surface area contributed by atoms with Gasteiger partial charge in [0.05, 0.1) is 5.54 Å². The van der Waals surface area contributed by atoms with Gasteiger partial charge in [0.25, 0.3) is 5.91 Å². The van der Waals surface area contributed by atoms with E-state index < -0.39 is 0 Å². The molecule has 2 atom stereocenters. The Kier molecular flexibility index (Phi) is 4.74. The van der Waals surface area contributed by atoms with E-state index in [-0.39, 0.29) is 29.4 Å². The summed E-state index contributed by atoms with van der Waals surface area (Å²) in [5.41, 5.74) is 1.09. The first-order valence-corrected chi connectivity index (χ1v) is 9.91. The van der Waals surface area contributed by atoms with Crippen molar-refractivity contribution in [2.75, 3.05) is 26.2 Å². The summed E-state index contributed by atoms with van der Waals surface area (Å²) in [6.45, 7) is 4.93. The van der Waals surface area contributed by atoms with Crippen LogP contribution in [0.3, 0.4) is 0 Å². The Morgan fingerprint density at radius 3 is 2.58 bits per heavy atom. The van der Waals surface area contributed by atoms with Gasteiger partial charge in [-0.2, -0.15) is 0 Å². The number of likely N-dealkylation sites (tertiary alicyclic amines) is 2. The molecule has 4 rings (SSSR count). The van der Waals surface area contributed by atoms with Crippen LogP contribution in [0.2, 0.25) is 0 Å². The minimum atomic E-state index is -0.249. The van der Waals surface area contributed by atoms with Crippen molar-refractivity contribution in [2.24, 2.45) is 0 Å². The summed E-state index contributed by atoms with van der Waals surface area (Å²) in [6.07, 6.45) is 3.85. The maximum atomic E-state index is 12.7. The Morgan fingerprint density at radius 1 is 1.23 bits per heavy atom. The maximum Gasteiger partial charge on any atom is 0.251 e. The van der Waals surface area contributed by atoms with Crippen LogP contribution in [0.4, 0.5) is 0 Å². The molecule has 3 saturated heterocycles. The summed E-state index contributed by atoms with van der Waals surface area (Å²) in [6, 6.07) is 10.4. The highest BCUT2D eigenvalue weighted by atomic mass is 16.5. The molecule has 5 heteroatoms. The topological polar surface area (TPSA) is 49.9 Å². The molecule has 3 aliphatic heterocycles. The quantitative estimate of drug-likeness (QED) is 0.836. The highest BCUT2D eigenvalue weighted by Crippen LogP contribution is 2.48. The zero-order valence-electron chi connectivity index (χ0n) is 15.5. The number of likely N-dealkylation sites (N-methyl/N-ethyl adjacent to an activating group) is 1. The molecule has 0 aromatic heterocycles. The van der Waals surface area contributed by atoms with Crippen molar-refractivity contribution in [2.45, 2.75) is 56.6 Å². The molecule has 0 bridgehead atoms. The van der Waals surface area contributed by atoms with Crippen LogP contribution in [0.5, 0.6) is 0 Å². The van der Waals surface area contributed by atoms with E-state index in [2.05, 4.69) is 36.1 Å². The SMILES string of the molecule is CCN1C(=O)CC(c2ccccc2)C12CCN(C(=O)[C@H]1CCCO1)CC2. The highest BCUT2D eigenvalue weighted by molar-refractivity contribution is 5.83. The van der Waals surface area contributed by atoms with Crippen LogP contribution in [0.15, 0.2) is 30.3 Å².